The summed E-state index contributed by atoms with van der Waals surface area (Å²) in [7, 11) is -1.35. The Hall–Kier alpha value is 1.39. The van der Waals surface area contributed by atoms with E-state index in [1.54, 1.807) is 0 Å². The monoisotopic (exact) mass is 426 g/mol. The third kappa shape index (κ3) is 10.2. The molecule has 1 aromatic rings. The van der Waals surface area contributed by atoms with Crippen LogP contribution in [0.2, 0.25) is 12.1 Å². The van der Waals surface area contributed by atoms with Crippen LogP contribution in [0.4, 0.5) is 0 Å². The maximum absolute atomic E-state index is 5.78. The van der Waals surface area contributed by atoms with E-state index in [-0.39, 0.29) is 0 Å². The molecule has 1 aromatic carbocycles. The van der Waals surface area contributed by atoms with Crippen LogP contribution in [-0.4, -0.2) is 25.9 Å². The Balaban J connectivity index is 2.33. The van der Waals surface area contributed by atoms with Gasteiger partial charge in [-0.1, -0.05) is 106 Å². The lowest BCUT2D eigenvalue weighted by atomic mass is 10.1. The summed E-state index contributed by atoms with van der Waals surface area (Å²) in [6.07, 6.45) is 1.95. The fraction of sp³-hybridized carbons (Fsp3) is 0.500. The van der Waals surface area contributed by atoms with Crippen LogP contribution in [0, 0.1) is 0 Å². The number of hydrogen-bond acceptors (Lipinski definition) is 0. The summed E-state index contributed by atoms with van der Waals surface area (Å²) in [5, 5.41) is 0. The second kappa shape index (κ2) is 8.88. The number of aryl methyl sites for hydroxylation is 2. The number of alkyl halides is 6. The van der Waals surface area contributed by atoms with Gasteiger partial charge in [0, 0.05) is 0 Å². The molecule has 0 saturated carbocycles. The molecule has 0 spiro atoms. The van der Waals surface area contributed by atoms with Crippen molar-refractivity contribution in [3.05, 3.63) is 35.4 Å². The summed E-state index contributed by atoms with van der Waals surface area (Å²) < 4.78 is -2.02. The molecular formula is C12H16Cl6Si2. The van der Waals surface area contributed by atoms with Gasteiger partial charge in [0.15, 0.2) is 6.83 Å². The molecule has 20 heavy (non-hydrogen) atoms. The maximum Gasteiger partial charge on any atom is 0.169 e. The Morgan fingerprint density at radius 3 is 1.20 bits per heavy atom. The van der Waals surface area contributed by atoms with Gasteiger partial charge in [0.1, 0.15) is 0 Å². The van der Waals surface area contributed by atoms with Crippen molar-refractivity contribution in [1.82, 2.24) is 0 Å². The van der Waals surface area contributed by atoms with E-state index in [1.165, 1.54) is 11.1 Å². The van der Waals surface area contributed by atoms with Crippen LogP contribution in [0.1, 0.15) is 11.1 Å². The first kappa shape index (κ1) is 19.4. The van der Waals surface area contributed by atoms with Gasteiger partial charge in [-0.3, -0.25) is 0 Å². The minimum atomic E-state index is -1.01. The number of halogens is 6. The lowest BCUT2D eigenvalue weighted by Gasteiger charge is -2.10. The largest absolute Gasteiger partial charge is 0.169 e. The zero-order valence-corrected chi connectivity index (χ0v) is 18.2. The van der Waals surface area contributed by atoms with E-state index in [0.29, 0.717) is 0 Å². The molecule has 0 aliphatic carbocycles. The van der Waals surface area contributed by atoms with Crippen molar-refractivity contribution in [3.8, 4) is 0 Å². The Kier molecular flexibility index (Phi) is 8.63. The van der Waals surface area contributed by atoms with Crippen LogP contribution in [-0.2, 0) is 12.8 Å². The summed E-state index contributed by atoms with van der Waals surface area (Å²) in [5.74, 6) is 0. The first-order chi connectivity index (χ1) is 9.16. The van der Waals surface area contributed by atoms with Crippen molar-refractivity contribution in [2.45, 2.75) is 31.8 Å². The predicted molar refractivity (Wildman–Crippen MR) is 101 cm³/mol. The Morgan fingerprint density at radius 2 is 0.950 bits per heavy atom. The molecule has 0 unspecified atom stereocenters. The number of hydrogen-bond donors (Lipinski definition) is 0. The molecule has 0 nitrogen and oxygen atoms in total. The molecule has 0 saturated heterocycles. The quantitative estimate of drug-likeness (QED) is 0.458. The minimum Gasteiger partial charge on any atom is -0.0890 e. The van der Waals surface area contributed by atoms with Crippen molar-refractivity contribution < 1.29 is 0 Å². The second-order valence-corrected chi connectivity index (χ2v) is 17.0. The first-order valence-electron chi connectivity index (χ1n) is 6.37. The molecule has 8 heteroatoms. The molecule has 0 heterocycles. The number of benzene rings is 1. The van der Waals surface area contributed by atoms with Gasteiger partial charge in [-0.2, -0.15) is 0 Å². The summed E-state index contributed by atoms with van der Waals surface area (Å²) in [5.41, 5.74) is 2.57. The van der Waals surface area contributed by atoms with E-state index < -0.39 is 25.9 Å². The Labute approximate surface area is 155 Å². The second-order valence-electron chi connectivity index (χ2n) is 4.75. The molecule has 0 aliphatic heterocycles. The van der Waals surface area contributed by atoms with E-state index >= 15 is 0 Å². The average Bonchev–Trinajstić information content (AvgIpc) is 2.28. The highest BCUT2D eigenvalue weighted by Gasteiger charge is 2.19. The molecule has 0 aliphatic rings. The Morgan fingerprint density at radius 1 is 0.650 bits per heavy atom. The van der Waals surface area contributed by atoms with Crippen molar-refractivity contribution in [2.24, 2.45) is 0 Å². The molecule has 1 rings (SSSR count). The number of rotatable bonds is 6. The van der Waals surface area contributed by atoms with Gasteiger partial charge in [-0.25, -0.2) is 0 Å². The highest BCUT2D eigenvalue weighted by atomic mass is 35.6. The molecule has 0 radical (unpaired) electrons. The van der Waals surface area contributed by atoms with Crippen LogP contribution < -0.4 is 0 Å². The molecule has 0 aromatic heterocycles. The van der Waals surface area contributed by atoms with Gasteiger partial charge in [-0.05, 0) is 24.0 Å². The third-order valence-corrected chi connectivity index (χ3v) is 8.82. The van der Waals surface area contributed by atoms with Gasteiger partial charge in [0.2, 0.25) is 0 Å². The fourth-order valence-corrected chi connectivity index (χ4v) is 6.24. The molecule has 0 fully saturated rings. The molecule has 0 atom stereocenters. The smallest absolute Gasteiger partial charge is 0.0890 e. The maximum atomic E-state index is 5.78. The van der Waals surface area contributed by atoms with Gasteiger partial charge in [0.25, 0.3) is 0 Å². The normalized spacial score (nSPS) is 13.9. The average molecular weight is 429 g/mol. The van der Waals surface area contributed by atoms with Crippen molar-refractivity contribution in [1.29, 1.82) is 0 Å². The Bertz CT molecular complexity index is 357. The van der Waals surface area contributed by atoms with E-state index in [1.807, 2.05) is 0 Å². The van der Waals surface area contributed by atoms with Crippen LogP contribution in [0.5, 0.6) is 0 Å². The van der Waals surface area contributed by atoms with E-state index in [0.717, 1.165) is 24.9 Å². The van der Waals surface area contributed by atoms with Crippen molar-refractivity contribution in [2.75, 3.05) is 0 Å². The predicted octanol–water partition coefficient (Wildman–Crippen LogP) is 4.60. The van der Waals surface area contributed by atoms with Gasteiger partial charge >= 0.3 is 0 Å². The summed E-state index contributed by atoms with van der Waals surface area (Å²) in [4.78, 5) is 0. The third-order valence-electron chi connectivity index (χ3n) is 2.87. The standard InChI is InChI=1S/C12H16Cl6Si2/c13-11(14,15)19-7-5-9-1-2-10(4-3-9)6-8-20-12(16,17)18/h1-4H,5-8,19-20H2. The minimum absolute atomic E-state index is 0.675. The van der Waals surface area contributed by atoms with Crippen molar-refractivity contribution >= 4 is 88.6 Å². The summed E-state index contributed by atoms with van der Waals surface area (Å²) >= 11 is 34.7. The van der Waals surface area contributed by atoms with Crippen LogP contribution >= 0.6 is 69.6 Å². The first-order valence-corrected chi connectivity index (χ1v) is 12.1. The molecule has 114 valence electrons. The SMILES string of the molecule is ClC(Cl)(Cl)[SiH2]CCc1ccc(CC[SiH2]C(Cl)(Cl)Cl)cc1. The van der Waals surface area contributed by atoms with E-state index in [9.17, 15) is 0 Å². The topological polar surface area (TPSA) is 0 Å². The van der Waals surface area contributed by atoms with Crippen LogP contribution in [0.25, 0.3) is 0 Å². The summed E-state index contributed by atoms with van der Waals surface area (Å²) in [6.45, 7) is 0. The molecule has 0 bridgehead atoms. The molecule has 0 N–H and O–H groups in total. The van der Waals surface area contributed by atoms with Gasteiger partial charge in [0.05, 0.1) is 19.0 Å². The van der Waals surface area contributed by atoms with Crippen LogP contribution in [0.15, 0.2) is 24.3 Å². The van der Waals surface area contributed by atoms with E-state index in [2.05, 4.69) is 24.3 Å². The fourth-order valence-electron chi connectivity index (χ4n) is 1.86. The molecule has 0 amide bonds. The highest BCUT2D eigenvalue weighted by molar-refractivity contribution is 6.87. The highest BCUT2D eigenvalue weighted by Crippen LogP contribution is 2.26. The van der Waals surface area contributed by atoms with E-state index in [4.69, 9.17) is 69.6 Å². The van der Waals surface area contributed by atoms with Crippen molar-refractivity contribution in [3.63, 3.8) is 0 Å². The van der Waals surface area contributed by atoms with Gasteiger partial charge in [-0.15, -0.1) is 0 Å². The lowest BCUT2D eigenvalue weighted by Crippen LogP contribution is -2.14. The zero-order chi connectivity index (χ0) is 15.2. The lowest BCUT2D eigenvalue weighted by molar-refractivity contribution is 1.08. The summed E-state index contributed by atoms with van der Waals surface area (Å²) in [6, 6.07) is 10.5. The van der Waals surface area contributed by atoms with Gasteiger partial charge < -0.3 is 0 Å². The van der Waals surface area contributed by atoms with Crippen LogP contribution in [0.3, 0.4) is 0 Å². The zero-order valence-electron chi connectivity index (χ0n) is 10.8. The molecular weight excluding hydrogens is 413 g/mol.